The van der Waals surface area contributed by atoms with Crippen molar-refractivity contribution in [3.8, 4) is 11.8 Å². The molecular weight excluding hydrogens is 240 g/mol. The van der Waals surface area contributed by atoms with Crippen molar-refractivity contribution in [1.29, 1.82) is 0 Å². The van der Waals surface area contributed by atoms with Gasteiger partial charge in [0, 0.05) is 27.1 Å². The highest BCUT2D eigenvalue weighted by molar-refractivity contribution is 7.16. The normalized spacial score (nSPS) is 11.1. The molecule has 0 saturated carbocycles. The second kappa shape index (κ2) is 4.59. The number of benzene rings is 1. The van der Waals surface area contributed by atoms with Gasteiger partial charge >= 0.3 is 0 Å². The predicted molar refractivity (Wildman–Crippen MR) is 79.2 cm³/mol. The van der Waals surface area contributed by atoms with Gasteiger partial charge in [-0.05, 0) is 39.8 Å². The Kier molecular flexibility index (Phi) is 3.28. The first kappa shape index (κ1) is 12.9. The molecule has 0 atom stereocenters. The molecule has 1 aromatic carbocycles. The zero-order valence-corrected chi connectivity index (χ0v) is 11.9. The number of aryl methyl sites for hydroxylation is 1. The average molecular weight is 256 g/mol. The van der Waals surface area contributed by atoms with Gasteiger partial charge in [-0.15, -0.1) is 0 Å². The molecular formula is C16H16OS. The Hall–Kier alpha value is -1.59. The van der Waals surface area contributed by atoms with E-state index in [1.165, 1.54) is 16.9 Å². The fraction of sp³-hybridized carbons (Fsp3) is 0.312. The van der Waals surface area contributed by atoms with E-state index >= 15 is 0 Å². The molecule has 1 aromatic heterocycles. The molecule has 0 bridgehead atoms. The smallest absolute Gasteiger partial charge is 0.234 e. The molecule has 18 heavy (non-hydrogen) atoms. The van der Waals surface area contributed by atoms with Gasteiger partial charge < -0.3 is 0 Å². The molecule has 0 unspecified atom stereocenters. The van der Waals surface area contributed by atoms with E-state index in [-0.39, 0.29) is 10.2 Å². The van der Waals surface area contributed by atoms with Gasteiger partial charge in [0.25, 0.3) is 0 Å². The molecule has 1 heterocycles. The third-order valence-corrected chi connectivity index (χ3v) is 3.37. The van der Waals surface area contributed by atoms with Crippen LogP contribution < -0.4 is 4.74 Å². The zero-order valence-electron chi connectivity index (χ0n) is 11.1. The van der Waals surface area contributed by atoms with Crippen LogP contribution in [0.1, 0.15) is 31.9 Å². The molecule has 0 fully saturated rings. The monoisotopic (exact) mass is 256 g/mol. The Morgan fingerprint density at radius 1 is 1.17 bits per heavy atom. The quantitative estimate of drug-likeness (QED) is 0.652. The fourth-order valence-electron chi connectivity index (χ4n) is 1.63. The Balaban J connectivity index is 2.72. The van der Waals surface area contributed by atoms with E-state index in [4.69, 9.17) is 0 Å². The fourth-order valence-corrected chi connectivity index (χ4v) is 2.44. The van der Waals surface area contributed by atoms with Crippen LogP contribution >= 0.6 is 11.3 Å². The lowest BCUT2D eigenvalue weighted by Gasteiger charge is -2.07. The van der Waals surface area contributed by atoms with Crippen LogP contribution in [0.5, 0.6) is 0 Å². The largest absolute Gasteiger partial charge is 0.278 e. The van der Waals surface area contributed by atoms with E-state index in [1.807, 2.05) is 12.1 Å². The maximum Gasteiger partial charge on any atom is 0.234 e. The third-order valence-electron chi connectivity index (χ3n) is 2.47. The highest BCUT2D eigenvalue weighted by atomic mass is 32.1. The highest BCUT2D eigenvalue weighted by Crippen LogP contribution is 2.21. The van der Waals surface area contributed by atoms with Crippen LogP contribution in [0.25, 0.3) is 10.1 Å². The number of hydrogen-bond acceptors (Lipinski definition) is 2. The Morgan fingerprint density at radius 3 is 2.56 bits per heavy atom. The van der Waals surface area contributed by atoms with Gasteiger partial charge in [-0.25, -0.2) is 0 Å². The van der Waals surface area contributed by atoms with Crippen LogP contribution in [-0.4, -0.2) is 0 Å². The summed E-state index contributed by atoms with van der Waals surface area (Å²) < 4.78 is 1.07. The molecule has 0 N–H and O–H groups in total. The molecule has 0 aliphatic carbocycles. The maximum absolute atomic E-state index is 11.7. The van der Waals surface area contributed by atoms with Crippen LogP contribution in [0, 0.1) is 24.2 Å². The third kappa shape index (κ3) is 3.00. The number of fused-ring (bicyclic) bond motifs is 1. The first-order valence-electron chi connectivity index (χ1n) is 5.93. The maximum atomic E-state index is 11.7. The van der Waals surface area contributed by atoms with Crippen LogP contribution in [0.3, 0.4) is 0 Å². The zero-order chi connectivity index (χ0) is 13.3. The SMILES string of the molecule is Cc1ccc2sc(=O)cc(C#CC(C)(C)C)c2c1. The molecule has 2 rings (SSSR count). The second-order valence-corrected chi connectivity index (χ2v) is 6.53. The first-order valence-corrected chi connectivity index (χ1v) is 6.74. The molecule has 0 spiro atoms. The summed E-state index contributed by atoms with van der Waals surface area (Å²) >= 11 is 1.27. The van der Waals surface area contributed by atoms with Crippen molar-refractivity contribution in [3.63, 3.8) is 0 Å². The van der Waals surface area contributed by atoms with Crippen molar-refractivity contribution in [2.45, 2.75) is 27.7 Å². The summed E-state index contributed by atoms with van der Waals surface area (Å²) in [6.45, 7) is 8.25. The van der Waals surface area contributed by atoms with Crippen molar-refractivity contribution in [2.75, 3.05) is 0 Å². The van der Waals surface area contributed by atoms with Gasteiger partial charge in [0.1, 0.15) is 0 Å². The minimum atomic E-state index is -0.0571. The summed E-state index contributed by atoms with van der Waals surface area (Å²) in [5.74, 6) is 6.35. The second-order valence-electron chi connectivity index (χ2n) is 5.48. The van der Waals surface area contributed by atoms with Gasteiger partial charge in [0.05, 0.1) is 0 Å². The van der Waals surface area contributed by atoms with Gasteiger partial charge in [-0.3, -0.25) is 4.79 Å². The standard InChI is InChI=1S/C16H16OS/c1-11-5-6-14-13(9-11)12(10-15(17)18-14)7-8-16(2,3)4/h5-6,9-10H,1-4H3. The topological polar surface area (TPSA) is 17.1 Å². The van der Waals surface area contributed by atoms with E-state index in [0.717, 1.165) is 15.6 Å². The molecule has 1 nitrogen and oxygen atoms in total. The summed E-state index contributed by atoms with van der Waals surface area (Å²) in [7, 11) is 0. The van der Waals surface area contributed by atoms with Crippen LogP contribution in [0.4, 0.5) is 0 Å². The molecule has 2 heteroatoms. The Bertz CT molecular complexity index is 706. The van der Waals surface area contributed by atoms with Crippen molar-refractivity contribution in [2.24, 2.45) is 5.41 Å². The summed E-state index contributed by atoms with van der Waals surface area (Å²) in [6.07, 6.45) is 0. The van der Waals surface area contributed by atoms with E-state index in [2.05, 4.69) is 45.6 Å². The molecule has 0 aliphatic heterocycles. The lowest BCUT2D eigenvalue weighted by atomic mass is 9.97. The Morgan fingerprint density at radius 2 is 1.89 bits per heavy atom. The highest BCUT2D eigenvalue weighted by Gasteiger charge is 2.06. The van der Waals surface area contributed by atoms with Gasteiger partial charge in [-0.1, -0.05) is 34.8 Å². The van der Waals surface area contributed by atoms with Gasteiger partial charge in [0.15, 0.2) is 0 Å². The van der Waals surface area contributed by atoms with E-state index < -0.39 is 0 Å². The van der Waals surface area contributed by atoms with Crippen LogP contribution in [-0.2, 0) is 0 Å². The lowest BCUT2D eigenvalue weighted by molar-refractivity contribution is 0.571. The van der Waals surface area contributed by atoms with Crippen molar-refractivity contribution < 1.29 is 0 Å². The number of rotatable bonds is 0. The molecule has 92 valence electrons. The van der Waals surface area contributed by atoms with Crippen molar-refractivity contribution >= 4 is 21.4 Å². The summed E-state index contributed by atoms with van der Waals surface area (Å²) in [4.78, 5) is 11.7. The average Bonchev–Trinajstić information content (AvgIpc) is 2.25. The molecule has 0 radical (unpaired) electrons. The molecule has 0 amide bonds. The molecule has 0 saturated heterocycles. The summed E-state index contributed by atoms with van der Waals surface area (Å²) in [5.41, 5.74) is 1.97. The number of hydrogen-bond donors (Lipinski definition) is 0. The van der Waals surface area contributed by atoms with Crippen LogP contribution in [0.2, 0.25) is 0 Å². The van der Waals surface area contributed by atoms with Gasteiger partial charge in [0.2, 0.25) is 4.74 Å². The Labute approximate surface area is 111 Å². The van der Waals surface area contributed by atoms with E-state index in [9.17, 15) is 4.79 Å². The van der Waals surface area contributed by atoms with E-state index in [0.29, 0.717) is 0 Å². The van der Waals surface area contributed by atoms with Crippen LogP contribution in [0.15, 0.2) is 29.1 Å². The summed E-state index contributed by atoms with van der Waals surface area (Å²) in [6, 6.07) is 7.77. The van der Waals surface area contributed by atoms with Crippen molar-refractivity contribution in [3.05, 3.63) is 44.9 Å². The molecule has 0 aliphatic rings. The summed E-state index contributed by atoms with van der Waals surface area (Å²) in [5, 5.41) is 1.08. The minimum Gasteiger partial charge on any atom is -0.278 e. The van der Waals surface area contributed by atoms with Gasteiger partial charge in [-0.2, -0.15) is 0 Å². The first-order chi connectivity index (χ1) is 8.35. The minimum absolute atomic E-state index is 0.0571. The predicted octanol–water partition coefficient (Wildman–Crippen LogP) is 3.97. The lowest BCUT2D eigenvalue weighted by Crippen LogP contribution is -2.00. The van der Waals surface area contributed by atoms with Crippen molar-refractivity contribution in [1.82, 2.24) is 0 Å². The van der Waals surface area contributed by atoms with E-state index in [1.54, 1.807) is 6.07 Å². The molecule has 2 aromatic rings.